The molecule has 5 nitrogen and oxygen atoms in total. The summed E-state index contributed by atoms with van der Waals surface area (Å²) in [6.07, 6.45) is 5.76. The molecular weight excluding hydrogens is 296 g/mol. The van der Waals surface area contributed by atoms with E-state index in [0.717, 1.165) is 42.6 Å². The number of imidazole rings is 1. The summed E-state index contributed by atoms with van der Waals surface area (Å²) in [4.78, 5) is 22.3. The predicted molar refractivity (Wildman–Crippen MR) is 89.5 cm³/mol. The molecule has 0 unspecified atom stereocenters. The Labute approximate surface area is 134 Å². The van der Waals surface area contributed by atoms with Crippen molar-refractivity contribution in [2.45, 2.75) is 4.90 Å². The molecule has 6 heteroatoms. The molecule has 0 radical (unpaired) electrons. The Morgan fingerprint density at radius 3 is 2.55 bits per heavy atom. The Morgan fingerprint density at radius 1 is 1.18 bits per heavy atom. The van der Waals surface area contributed by atoms with Gasteiger partial charge in [-0.1, -0.05) is 12.1 Å². The Kier molecular flexibility index (Phi) is 4.38. The number of aromatic nitrogens is 2. The third-order valence-corrected chi connectivity index (χ3v) is 4.78. The highest BCUT2D eigenvalue weighted by Crippen LogP contribution is 2.22. The van der Waals surface area contributed by atoms with Gasteiger partial charge in [0.05, 0.1) is 5.56 Å². The second-order valence-electron chi connectivity index (χ2n) is 5.32. The summed E-state index contributed by atoms with van der Waals surface area (Å²) in [5.41, 5.74) is 0.806. The summed E-state index contributed by atoms with van der Waals surface area (Å²) in [7, 11) is 1.99. The molecule has 0 N–H and O–H groups in total. The van der Waals surface area contributed by atoms with Crippen molar-refractivity contribution in [2.24, 2.45) is 7.05 Å². The van der Waals surface area contributed by atoms with Gasteiger partial charge >= 0.3 is 0 Å². The average Bonchev–Trinajstić information content (AvgIpc) is 3.00. The van der Waals surface area contributed by atoms with E-state index in [-0.39, 0.29) is 5.91 Å². The molecule has 2 heterocycles. The van der Waals surface area contributed by atoms with E-state index in [1.165, 1.54) is 0 Å². The zero-order chi connectivity index (χ0) is 15.5. The average molecular weight is 316 g/mol. The maximum absolute atomic E-state index is 12.7. The van der Waals surface area contributed by atoms with Gasteiger partial charge in [-0.25, -0.2) is 4.98 Å². The Bertz CT molecular complexity index is 662. The minimum atomic E-state index is 0.129. The molecule has 1 aliphatic heterocycles. The number of carbonyl (C=O) groups is 1. The van der Waals surface area contributed by atoms with Crippen LogP contribution in [0.2, 0.25) is 0 Å². The van der Waals surface area contributed by atoms with Crippen LogP contribution in [0.25, 0.3) is 0 Å². The number of hydrogen-bond acceptors (Lipinski definition) is 4. The predicted octanol–water partition coefficient (Wildman–Crippen LogP) is 2.10. The molecule has 1 amide bonds. The number of rotatable bonds is 3. The van der Waals surface area contributed by atoms with Crippen molar-refractivity contribution < 1.29 is 4.79 Å². The molecule has 1 aromatic heterocycles. The minimum absolute atomic E-state index is 0.129. The number of benzene rings is 1. The van der Waals surface area contributed by atoms with E-state index in [9.17, 15) is 4.79 Å². The Morgan fingerprint density at radius 2 is 1.91 bits per heavy atom. The van der Waals surface area contributed by atoms with Gasteiger partial charge in [-0.2, -0.15) is 0 Å². The van der Waals surface area contributed by atoms with Crippen molar-refractivity contribution in [3.05, 3.63) is 42.2 Å². The zero-order valence-corrected chi connectivity index (χ0v) is 13.7. The standard InChI is InChI=1S/C16H20N4OS/c1-18-8-7-17-16(18)20-11-9-19(10-12-20)15(21)13-5-3-4-6-14(13)22-2/h3-8H,9-12H2,1-2H3. The molecule has 0 atom stereocenters. The van der Waals surface area contributed by atoms with Gasteiger partial charge in [-0.15, -0.1) is 11.8 Å². The molecule has 1 aliphatic rings. The number of carbonyl (C=O) groups excluding carboxylic acids is 1. The van der Waals surface area contributed by atoms with E-state index in [0.29, 0.717) is 0 Å². The lowest BCUT2D eigenvalue weighted by molar-refractivity contribution is 0.0742. The molecule has 0 saturated carbocycles. The van der Waals surface area contributed by atoms with Gasteiger partial charge in [0.15, 0.2) is 0 Å². The van der Waals surface area contributed by atoms with Crippen LogP contribution in [-0.4, -0.2) is 52.8 Å². The fourth-order valence-corrected chi connectivity index (χ4v) is 3.35. The number of hydrogen-bond donors (Lipinski definition) is 0. The first-order chi connectivity index (χ1) is 10.7. The highest BCUT2D eigenvalue weighted by atomic mass is 32.2. The van der Waals surface area contributed by atoms with Crippen molar-refractivity contribution in [1.82, 2.24) is 14.5 Å². The van der Waals surface area contributed by atoms with Crippen LogP contribution in [0.4, 0.5) is 5.95 Å². The van der Waals surface area contributed by atoms with E-state index in [1.807, 2.05) is 59.4 Å². The van der Waals surface area contributed by atoms with Crippen LogP contribution in [0, 0.1) is 0 Å². The fraction of sp³-hybridized carbons (Fsp3) is 0.375. The maximum atomic E-state index is 12.7. The first-order valence-electron chi connectivity index (χ1n) is 7.35. The van der Waals surface area contributed by atoms with E-state index < -0.39 is 0 Å². The van der Waals surface area contributed by atoms with Gasteiger partial charge in [0, 0.05) is 50.5 Å². The molecule has 3 rings (SSSR count). The topological polar surface area (TPSA) is 41.4 Å². The third kappa shape index (κ3) is 2.83. The summed E-state index contributed by atoms with van der Waals surface area (Å²) in [6.45, 7) is 3.10. The van der Waals surface area contributed by atoms with Gasteiger partial charge in [-0.05, 0) is 18.4 Å². The summed E-state index contributed by atoms with van der Waals surface area (Å²) < 4.78 is 2.01. The van der Waals surface area contributed by atoms with Crippen molar-refractivity contribution in [3.63, 3.8) is 0 Å². The Hall–Kier alpha value is -1.95. The number of anilines is 1. The van der Waals surface area contributed by atoms with E-state index in [1.54, 1.807) is 11.8 Å². The van der Waals surface area contributed by atoms with Crippen LogP contribution < -0.4 is 4.90 Å². The molecule has 1 fully saturated rings. The van der Waals surface area contributed by atoms with E-state index >= 15 is 0 Å². The van der Waals surface area contributed by atoms with E-state index in [2.05, 4.69) is 9.88 Å². The maximum Gasteiger partial charge on any atom is 0.255 e. The molecule has 2 aromatic rings. The lowest BCUT2D eigenvalue weighted by Crippen LogP contribution is -2.49. The first kappa shape index (κ1) is 15.0. The second kappa shape index (κ2) is 6.44. The van der Waals surface area contributed by atoms with Crippen LogP contribution in [0.5, 0.6) is 0 Å². The molecule has 1 aromatic carbocycles. The van der Waals surface area contributed by atoms with Crippen LogP contribution in [0.15, 0.2) is 41.6 Å². The van der Waals surface area contributed by atoms with Gasteiger partial charge in [0.1, 0.15) is 0 Å². The van der Waals surface area contributed by atoms with E-state index in [4.69, 9.17) is 0 Å². The second-order valence-corrected chi connectivity index (χ2v) is 6.17. The van der Waals surface area contributed by atoms with Gasteiger partial charge < -0.3 is 14.4 Å². The Balaban J connectivity index is 1.69. The lowest BCUT2D eigenvalue weighted by atomic mass is 10.2. The summed E-state index contributed by atoms with van der Waals surface area (Å²) in [5.74, 6) is 1.10. The summed E-state index contributed by atoms with van der Waals surface area (Å²) in [5, 5.41) is 0. The van der Waals surface area contributed by atoms with Gasteiger partial charge in [0.25, 0.3) is 5.91 Å². The molecule has 22 heavy (non-hydrogen) atoms. The normalized spacial score (nSPS) is 15.2. The molecule has 0 aliphatic carbocycles. The molecule has 116 valence electrons. The molecule has 0 spiro atoms. The van der Waals surface area contributed by atoms with Crippen molar-refractivity contribution in [3.8, 4) is 0 Å². The number of nitrogens with zero attached hydrogens (tertiary/aromatic N) is 4. The van der Waals surface area contributed by atoms with Crippen molar-refractivity contribution in [2.75, 3.05) is 37.3 Å². The van der Waals surface area contributed by atoms with Crippen molar-refractivity contribution in [1.29, 1.82) is 0 Å². The highest BCUT2D eigenvalue weighted by Gasteiger charge is 2.24. The smallest absolute Gasteiger partial charge is 0.255 e. The summed E-state index contributed by atoms with van der Waals surface area (Å²) >= 11 is 1.62. The van der Waals surface area contributed by atoms with Crippen LogP contribution in [-0.2, 0) is 7.05 Å². The number of piperazine rings is 1. The number of aryl methyl sites for hydroxylation is 1. The monoisotopic (exact) mass is 316 g/mol. The third-order valence-electron chi connectivity index (χ3n) is 3.98. The summed E-state index contributed by atoms with van der Waals surface area (Å²) in [6, 6.07) is 7.82. The molecule has 1 saturated heterocycles. The van der Waals surface area contributed by atoms with Crippen LogP contribution in [0.3, 0.4) is 0 Å². The molecular formula is C16H20N4OS. The largest absolute Gasteiger partial charge is 0.339 e. The zero-order valence-electron chi connectivity index (χ0n) is 12.9. The van der Waals surface area contributed by atoms with Gasteiger partial charge in [-0.3, -0.25) is 4.79 Å². The van der Waals surface area contributed by atoms with Crippen LogP contribution >= 0.6 is 11.8 Å². The lowest BCUT2D eigenvalue weighted by Gasteiger charge is -2.35. The quantitative estimate of drug-likeness (QED) is 0.813. The number of thioether (sulfide) groups is 1. The number of amides is 1. The molecule has 0 bridgehead atoms. The van der Waals surface area contributed by atoms with Crippen LogP contribution in [0.1, 0.15) is 10.4 Å². The van der Waals surface area contributed by atoms with Gasteiger partial charge in [0.2, 0.25) is 5.95 Å². The highest BCUT2D eigenvalue weighted by molar-refractivity contribution is 7.98. The fourth-order valence-electron chi connectivity index (χ4n) is 2.76. The first-order valence-corrected chi connectivity index (χ1v) is 8.57. The minimum Gasteiger partial charge on any atom is -0.339 e. The van der Waals surface area contributed by atoms with Crippen molar-refractivity contribution >= 4 is 23.6 Å². The SMILES string of the molecule is CSc1ccccc1C(=O)N1CCN(c2nccn2C)CC1.